The molecule has 0 aromatic heterocycles. The van der Waals surface area contributed by atoms with Crippen LogP contribution in [0.3, 0.4) is 0 Å². The van der Waals surface area contributed by atoms with E-state index in [9.17, 15) is 29.6 Å². The second-order valence-corrected chi connectivity index (χ2v) is 5.69. The number of hydrogen-bond acceptors (Lipinski definition) is 5. The van der Waals surface area contributed by atoms with Crippen LogP contribution in [0.5, 0.6) is 11.5 Å². The standard InChI is InChI=1S/C18H20FNO5/c19-13-6-3-11(4-7-13)2-1-9-20-16(18(24)25)17(23)12-5-8-14(21)15(22)10-12/h3-8,10,16-17,20-23H,1-2,9H2,(H,24,25). The summed E-state index contributed by atoms with van der Waals surface area (Å²) < 4.78 is 12.8. The zero-order chi connectivity index (χ0) is 18.4. The first kappa shape index (κ1) is 18.7. The lowest BCUT2D eigenvalue weighted by Gasteiger charge is -2.21. The Hall–Kier alpha value is -2.64. The summed E-state index contributed by atoms with van der Waals surface area (Å²) in [6.07, 6.45) is -0.159. The number of carbonyl (C=O) groups is 1. The van der Waals surface area contributed by atoms with Crippen molar-refractivity contribution < 1.29 is 29.6 Å². The molecular formula is C18H20FNO5. The Morgan fingerprint density at radius 3 is 2.36 bits per heavy atom. The Kier molecular flexibility index (Phi) is 6.32. The maximum atomic E-state index is 12.8. The number of nitrogens with one attached hydrogen (secondary N) is 1. The maximum absolute atomic E-state index is 12.8. The highest BCUT2D eigenvalue weighted by Gasteiger charge is 2.27. The number of carboxylic acids is 1. The molecule has 0 radical (unpaired) electrons. The molecule has 25 heavy (non-hydrogen) atoms. The third-order valence-corrected chi connectivity index (χ3v) is 3.84. The zero-order valence-electron chi connectivity index (χ0n) is 13.4. The van der Waals surface area contributed by atoms with Gasteiger partial charge in [0.05, 0.1) is 0 Å². The molecule has 0 bridgehead atoms. The summed E-state index contributed by atoms with van der Waals surface area (Å²) in [5.74, 6) is -2.33. The minimum atomic E-state index is -1.39. The maximum Gasteiger partial charge on any atom is 0.323 e. The monoisotopic (exact) mass is 349 g/mol. The Bertz CT molecular complexity index is 720. The van der Waals surface area contributed by atoms with Gasteiger partial charge in [0.2, 0.25) is 0 Å². The number of aliphatic hydroxyl groups excluding tert-OH is 1. The molecule has 0 saturated heterocycles. The Labute approximate surface area is 144 Å². The summed E-state index contributed by atoms with van der Waals surface area (Å²) in [5.41, 5.74) is 1.10. The lowest BCUT2D eigenvalue weighted by molar-refractivity contribution is -0.142. The number of aliphatic hydroxyl groups is 1. The van der Waals surface area contributed by atoms with E-state index in [1.165, 1.54) is 24.3 Å². The van der Waals surface area contributed by atoms with Crippen molar-refractivity contribution in [3.05, 3.63) is 59.4 Å². The van der Waals surface area contributed by atoms with Crippen LogP contribution >= 0.6 is 0 Å². The van der Waals surface area contributed by atoms with E-state index in [1.807, 2.05) is 0 Å². The fourth-order valence-corrected chi connectivity index (χ4v) is 2.45. The van der Waals surface area contributed by atoms with Crippen molar-refractivity contribution in [2.24, 2.45) is 0 Å². The molecule has 0 spiro atoms. The molecule has 2 aromatic carbocycles. The number of aryl methyl sites for hydroxylation is 1. The summed E-state index contributed by atoms with van der Waals surface area (Å²) in [5, 5.41) is 41.1. The van der Waals surface area contributed by atoms with Crippen molar-refractivity contribution in [1.82, 2.24) is 5.32 Å². The van der Waals surface area contributed by atoms with Gasteiger partial charge >= 0.3 is 5.97 Å². The number of hydrogen-bond donors (Lipinski definition) is 5. The first-order chi connectivity index (χ1) is 11.9. The SMILES string of the molecule is O=C(O)C(NCCCc1ccc(F)cc1)C(O)c1ccc(O)c(O)c1. The number of carboxylic acid groups (broad SMARTS) is 1. The van der Waals surface area contributed by atoms with Gasteiger partial charge in [0.25, 0.3) is 0 Å². The molecule has 0 heterocycles. The zero-order valence-corrected chi connectivity index (χ0v) is 13.4. The van der Waals surface area contributed by atoms with Crippen LogP contribution in [0.25, 0.3) is 0 Å². The number of halogens is 1. The quantitative estimate of drug-likeness (QED) is 0.368. The van der Waals surface area contributed by atoms with Gasteiger partial charge in [0, 0.05) is 0 Å². The predicted octanol–water partition coefficient (Wildman–Crippen LogP) is 1.95. The van der Waals surface area contributed by atoms with E-state index in [1.54, 1.807) is 12.1 Å². The highest BCUT2D eigenvalue weighted by atomic mass is 19.1. The Morgan fingerprint density at radius 2 is 1.76 bits per heavy atom. The van der Waals surface area contributed by atoms with Crippen LogP contribution in [0.15, 0.2) is 42.5 Å². The van der Waals surface area contributed by atoms with E-state index in [2.05, 4.69) is 5.32 Å². The number of phenolic OH excluding ortho intramolecular Hbond substituents is 2. The van der Waals surface area contributed by atoms with Crippen LogP contribution in [-0.2, 0) is 11.2 Å². The van der Waals surface area contributed by atoms with Crippen molar-refractivity contribution in [1.29, 1.82) is 0 Å². The van der Waals surface area contributed by atoms with Gasteiger partial charge in [0.15, 0.2) is 11.5 Å². The molecule has 2 aromatic rings. The molecule has 2 unspecified atom stereocenters. The Morgan fingerprint density at radius 1 is 1.08 bits per heavy atom. The average molecular weight is 349 g/mol. The number of rotatable bonds is 8. The molecule has 134 valence electrons. The minimum absolute atomic E-state index is 0.175. The number of benzene rings is 2. The third-order valence-electron chi connectivity index (χ3n) is 3.84. The molecule has 2 atom stereocenters. The lowest BCUT2D eigenvalue weighted by atomic mass is 10.0. The van der Waals surface area contributed by atoms with Crippen LogP contribution in [0.2, 0.25) is 0 Å². The molecule has 5 N–H and O–H groups in total. The lowest BCUT2D eigenvalue weighted by Crippen LogP contribution is -2.42. The second-order valence-electron chi connectivity index (χ2n) is 5.69. The number of aromatic hydroxyl groups is 2. The molecule has 2 rings (SSSR count). The van der Waals surface area contributed by atoms with Crippen LogP contribution in [0, 0.1) is 5.82 Å². The third kappa shape index (κ3) is 5.17. The van der Waals surface area contributed by atoms with Gasteiger partial charge in [-0.15, -0.1) is 0 Å². The summed E-state index contributed by atoms with van der Waals surface area (Å²) in [6, 6.07) is 8.44. The van der Waals surface area contributed by atoms with Crippen molar-refractivity contribution >= 4 is 5.97 Å². The second kappa shape index (κ2) is 8.46. The molecule has 0 saturated carbocycles. The van der Waals surface area contributed by atoms with Gasteiger partial charge in [-0.25, -0.2) is 4.39 Å². The van der Waals surface area contributed by atoms with Crippen LogP contribution in [0.4, 0.5) is 4.39 Å². The van der Waals surface area contributed by atoms with Gasteiger partial charge in [-0.2, -0.15) is 0 Å². The van der Waals surface area contributed by atoms with Crippen molar-refractivity contribution in [3.63, 3.8) is 0 Å². The molecule has 0 amide bonds. The fraction of sp³-hybridized carbons (Fsp3) is 0.278. The van der Waals surface area contributed by atoms with Gasteiger partial charge in [-0.3, -0.25) is 4.79 Å². The first-order valence-electron chi connectivity index (χ1n) is 7.79. The molecule has 0 aliphatic carbocycles. The molecule has 0 fully saturated rings. The van der Waals surface area contributed by atoms with E-state index in [4.69, 9.17) is 0 Å². The van der Waals surface area contributed by atoms with Crippen molar-refractivity contribution in [2.75, 3.05) is 6.54 Å². The van der Waals surface area contributed by atoms with Crippen molar-refractivity contribution in [2.45, 2.75) is 25.0 Å². The molecule has 0 aliphatic heterocycles. The molecule has 7 heteroatoms. The highest BCUT2D eigenvalue weighted by molar-refractivity contribution is 5.74. The van der Waals surface area contributed by atoms with E-state index in [-0.39, 0.29) is 17.1 Å². The van der Waals surface area contributed by atoms with E-state index in [0.29, 0.717) is 19.4 Å². The summed E-state index contributed by atoms with van der Waals surface area (Å²) in [7, 11) is 0. The summed E-state index contributed by atoms with van der Waals surface area (Å²) in [4.78, 5) is 11.4. The number of phenols is 2. The normalized spacial score (nSPS) is 13.4. The molecule has 0 aliphatic rings. The smallest absolute Gasteiger partial charge is 0.323 e. The van der Waals surface area contributed by atoms with Gasteiger partial charge in [0.1, 0.15) is 18.0 Å². The molecule has 6 nitrogen and oxygen atoms in total. The van der Waals surface area contributed by atoms with Gasteiger partial charge in [-0.1, -0.05) is 18.2 Å². The van der Waals surface area contributed by atoms with Gasteiger partial charge in [-0.05, 0) is 54.8 Å². The van der Waals surface area contributed by atoms with Crippen LogP contribution in [0.1, 0.15) is 23.7 Å². The minimum Gasteiger partial charge on any atom is -0.504 e. The Balaban J connectivity index is 1.92. The van der Waals surface area contributed by atoms with Gasteiger partial charge < -0.3 is 25.7 Å². The first-order valence-corrected chi connectivity index (χ1v) is 7.79. The topological polar surface area (TPSA) is 110 Å². The molecular weight excluding hydrogens is 329 g/mol. The largest absolute Gasteiger partial charge is 0.504 e. The van der Waals surface area contributed by atoms with Crippen LogP contribution in [-0.4, -0.2) is 39.0 Å². The van der Waals surface area contributed by atoms with Crippen LogP contribution < -0.4 is 5.32 Å². The van der Waals surface area contributed by atoms with Crippen molar-refractivity contribution in [3.8, 4) is 11.5 Å². The summed E-state index contributed by atoms with van der Waals surface area (Å²) >= 11 is 0. The average Bonchev–Trinajstić information content (AvgIpc) is 2.58. The van der Waals surface area contributed by atoms with E-state index in [0.717, 1.165) is 11.6 Å². The fourth-order valence-electron chi connectivity index (χ4n) is 2.45. The number of aliphatic carboxylic acids is 1. The van der Waals surface area contributed by atoms with E-state index < -0.39 is 23.9 Å². The highest BCUT2D eigenvalue weighted by Crippen LogP contribution is 2.29. The van der Waals surface area contributed by atoms with E-state index >= 15 is 0 Å². The predicted molar refractivity (Wildman–Crippen MR) is 88.9 cm³/mol. The summed E-state index contributed by atoms with van der Waals surface area (Å²) in [6.45, 7) is 0.329.